The Hall–Kier alpha value is -1.85. The van der Waals surface area contributed by atoms with E-state index in [1.165, 1.54) is 18.3 Å². The van der Waals surface area contributed by atoms with E-state index >= 15 is 0 Å². The number of halogens is 3. The predicted octanol–water partition coefficient (Wildman–Crippen LogP) is 2.54. The number of esters is 1. The zero-order valence-corrected chi connectivity index (χ0v) is 18.4. The zero-order chi connectivity index (χ0) is 21.8. The molecule has 1 amide bonds. The largest absolute Gasteiger partial charge is 0.456 e. The quantitative estimate of drug-likeness (QED) is 0.557. The molecule has 0 spiro atoms. The number of amides is 1. The lowest BCUT2D eigenvalue weighted by Gasteiger charge is -2.10. The molecule has 0 atom stereocenters. The van der Waals surface area contributed by atoms with E-state index in [0.29, 0.717) is 10.8 Å². The Labute approximate surface area is 182 Å². The highest BCUT2D eigenvalue weighted by Crippen LogP contribution is 2.33. The average molecular weight is 484 g/mol. The second-order valence-electron chi connectivity index (χ2n) is 5.84. The summed E-state index contributed by atoms with van der Waals surface area (Å²) in [6, 6.07) is 2.79. The predicted molar refractivity (Wildman–Crippen MR) is 109 cm³/mol. The van der Waals surface area contributed by atoms with Crippen LogP contribution in [-0.4, -0.2) is 43.0 Å². The van der Waals surface area contributed by atoms with Crippen LogP contribution in [0.15, 0.2) is 23.4 Å². The summed E-state index contributed by atoms with van der Waals surface area (Å²) < 4.78 is 32.8. The normalized spacial score (nSPS) is 11.3. The van der Waals surface area contributed by atoms with Crippen molar-refractivity contribution in [3.05, 3.63) is 39.2 Å². The number of aryl methyl sites for hydroxylation is 2. The van der Waals surface area contributed by atoms with Crippen molar-refractivity contribution in [1.82, 2.24) is 14.3 Å². The maximum atomic E-state index is 12.1. The third kappa shape index (κ3) is 6.58. The molecule has 0 saturated heterocycles. The second kappa shape index (κ2) is 9.77. The van der Waals surface area contributed by atoms with Gasteiger partial charge in [0.05, 0.1) is 22.2 Å². The molecule has 1 aromatic heterocycles. The van der Waals surface area contributed by atoms with Crippen LogP contribution in [0.25, 0.3) is 0 Å². The van der Waals surface area contributed by atoms with Gasteiger partial charge in [-0.15, -0.1) is 0 Å². The highest BCUT2D eigenvalue weighted by molar-refractivity contribution is 7.89. The fourth-order valence-electron chi connectivity index (χ4n) is 2.07. The fraction of sp³-hybridized carbons (Fsp3) is 0.312. The summed E-state index contributed by atoms with van der Waals surface area (Å²) in [5, 5.41) is 2.81. The zero-order valence-electron chi connectivity index (χ0n) is 15.3. The Morgan fingerprint density at radius 3 is 2.38 bits per heavy atom. The van der Waals surface area contributed by atoms with E-state index in [2.05, 4.69) is 15.0 Å². The van der Waals surface area contributed by atoms with Crippen LogP contribution in [0.3, 0.4) is 0 Å². The Morgan fingerprint density at radius 2 is 1.83 bits per heavy atom. The maximum absolute atomic E-state index is 12.1. The summed E-state index contributed by atoms with van der Waals surface area (Å²) in [7, 11) is -2.19. The summed E-state index contributed by atoms with van der Waals surface area (Å²) in [6.45, 7) is 0.847. The van der Waals surface area contributed by atoms with Gasteiger partial charge in [0.25, 0.3) is 15.9 Å². The number of ether oxygens (including phenoxy) is 1. The van der Waals surface area contributed by atoms with Crippen molar-refractivity contribution in [3.63, 3.8) is 0 Å². The number of sulfonamides is 1. The molecule has 0 radical (unpaired) electrons. The maximum Gasteiger partial charge on any atom is 0.307 e. The third-order valence-corrected chi connectivity index (χ3v) is 5.76. The molecule has 158 valence electrons. The number of rotatable bonds is 8. The van der Waals surface area contributed by atoms with Crippen molar-refractivity contribution < 1.29 is 22.7 Å². The summed E-state index contributed by atoms with van der Waals surface area (Å²) in [5.41, 5.74) is 0.136. The van der Waals surface area contributed by atoms with Gasteiger partial charge in [-0.2, -0.15) is 0 Å². The molecule has 0 aliphatic rings. The number of nitrogens with zero attached hydrogens (tertiary/aromatic N) is 2. The minimum absolute atomic E-state index is 0.126. The van der Waals surface area contributed by atoms with E-state index in [0.717, 1.165) is 0 Å². The van der Waals surface area contributed by atoms with Crippen LogP contribution in [0.5, 0.6) is 0 Å². The molecule has 0 bridgehead atoms. The van der Waals surface area contributed by atoms with Gasteiger partial charge in [0.15, 0.2) is 11.6 Å². The number of hydrogen-bond donors (Lipinski definition) is 2. The molecule has 0 unspecified atom stereocenters. The smallest absolute Gasteiger partial charge is 0.307 e. The second-order valence-corrected chi connectivity index (χ2v) is 8.80. The molecule has 13 heteroatoms. The Morgan fingerprint density at radius 1 is 1.21 bits per heavy atom. The average Bonchev–Trinajstić information content (AvgIpc) is 2.96. The molecule has 0 aliphatic carbocycles. The van der Waals surface area contributed by atoms with Gasteiger partial charge in [-0.25, -0.2) is 18.1 Å². The van der Waals surface area contributed by atoms with Crippen LogP contribution in [0.4, 0.5) is 5.69 Å². The molecule has 0 aliphatic heterocycles. The van der Waals surface area contributed by atoms with Crippen molar-refractivity contribution >= 4 is 62.4 Å². The van der Waals surface area contributed by atoms with Crippen LogP contribution in [-0.2, 0) is 31.4 Å². The number of carbonyl (C=O) groups is 2. The van der Waals surface area contributed by atoms with Gasteiger partial charge in [0, 0.05) is 24.8 Å². The summed E-state index contributed by atoms with van der Waals surface area (Å²) in [5.74, 6) is -0.918. The van der Waals surface area contributed by atoms with Crippen LogP contribution in [0, 0.1) is 6.92 Å². The molecular formula is C16H17Cl3N4O5S. The summed E-state index contributed by atoms with van der Waals surface area (Å²) in [4.78, 5) is 27.5. The first-order valence-electron chi connectivity index (χ1n) is 8.09. The molecule has 1 aromatic carbocycles. The van der Waals surface area contributed by atoms with E-state index in [4.69, 9.17) is 39.5 Å². The van der Waals surface area contributed by atoms with Gasteiger partial charge in [-0.05, 0) is 19.1 Å². The number of aromatic nitrogens is 2. The molecule has 1 heterocycles. The van der Waals surface area contributed by atoms with Crippen molar-refractivity contribution in [2.75, 3.05) is 18.5 Å². The van der Waals surface area contributed by atoms with E-state index in [1.807, 2.05) is 0 Å². The molecule has 0 saturated carbocycles. The topological polar surface area (TPSA) is 119 Å². The van der Waals surface area contributed by atoms with Crippen LogP contribution >= 0.6 is 34.8 Å². The molecule has 29 heavy (non-hydrogen) atoms. The van der Waals surface area contributed by atoms with E-state index in [-0.39, 0.29) is 33.7 Å². The van der Waals surface area contributed by atoms with Gasteiger partial charge in [-0.3, -0.25) is 9.59 Å². The lowest BCUT2D eigenvalue weighted by molar-refractivity contribution is -0.147. The Bertz CT molecular complexity index is 997. The minimum atomic E-state index is -3.85. The van der Waals surface area contributed by atoms with Gasteiger partial charge in [-0.1, -0.05) is 34.8 Å². The fourth-order valence-corrected chi connectivity index (χ4v) is 4.05. The van der Waals surface area contributed by atoms with Gasteiger partial charge >= 0.3 is 5.97 Å². The van der Waals surface area contributed by atoms with Gasteiger partial charge in [0.1, 0.15) is 5.82 Å². The van der Waals surface area contributed by atoms with E-state index in [9.17, 15) is 18.0 Å². The molecule has 0 fully saturated rings. The van der Waals surface area contributed by atoms with Crippen LogP contribution in [0.1, 0.15) is 12.2 Å². The SMILES string of the molecule is Cc1nc(S(=O)(=O)NCCC(=O)OCC(=O)Nc2c(Cl)cc(Cl)cc2Cl)cn1C. The minimum Gasteiger partial charge on any atom is -0.456 e. The van der Waals surface area contributed by atoms with Crippen LogP contribution < -0.4 is 10.0 Å². The van der Waals surface area contributed by atoms with Gasteiger partial charge in [0.2, 0.25) is 0 Å². The lowest BCUT2D eigenvalue weighted by atomic mass is 10.3. The van der Waals surface area contributed by atoms with Gasteiger partial charge < -0.3 is 14.6 Å². The third-order valence-electron chi connectivity index (χ3n) is 3.62. The molecule has 9 nitrogen and oxygen atoms in total. The molecule has 2 aromatic rings. The van der Waals surface area contributed by atoms with Crippen molar-refractivity contribution in [1.29, 1.82) is 0 Å². The number of carbonyl (C=O) groups excluding carboxylic acids is 2. The summed E-state index contributed by atoms with van der Waals surface area (Å²) >= 11 is 17.7. The first-order chi connectivity index (χ1) is 13.5. The van der Waals surface area contributed by atoms with Crippen molar-refractivity contribution in [3.8, 4) is 0 Å². The van der Waals surface area contributed by atoms with Crippen molar-refractivity contribution in [2.45, 2.75) is 18.4 Å². The number of benzene rings is 1. The van der Waals surface area contributed by atoms with E-state index in [1.54, 1.807) is 18.5 Å². The summed E-state index contributed by atoms with van der Waals surface area (Å²) in [6.07, 6.45) is 1.08. The van der Waals surface area contributed by atoms with Crippen molar-refractivity contribution in [2.24, 2.45) is 7.05 Å². The Kier molecular flexibility index (Phi) is 7.89. The molecule has 2 rings (SSSR count). The molecular weight excluding hydrogens is 467 g/mol. The molecule has 2 N–H and O–H groups in total. The van der Waals surface area contributed by atoms with Crippen LogP contribution in [0.2, 0.25) is 15.1 Å². The monoisotopic (exact) mass is 482 g/mol. The lowest BCUT2D eigenvalue weighted by Crippen LogP contribution is -2.28. The Balaban J connectivity index is 1.79. The number of hydrogen-bond acceptors (Lipinski definition) is 6. The highest BCUT2D eigenvalue weighted by Gasteiger charge is 2.19. The first-order valence-corrected chi connectivity index (χ1v) is 10.7. The number of nitrogens with one attached hydrogen (secondary N) is 2. The standard InChI is InChI=1S/C16H17Cl3N4O5S/c1-9-21-14(7-23(9)2)29(26,27)20-4-3-15(25)28-8-13(24)22-16-11(18)5-10(17)6-12(16)19/h5-7,20H,3-4,8H2,1-2H3,(H,22,24). The highest BCUT2D eigenvalue weighted by atomic mass is 35.5. The first kappa shape index (κ1) is 23.4. The van der Waals surface area contributed by atoms with E-state index < -0.39 is 28.5 Å². The number of anilines is 1. The number of imidazole rings is 1.